The van der Waals surface area contributed by atoms with Crippen LogP contribution in [-0.4, -0.2) is 10.7 Å². The predicted molar refractivity (Wildman–Crippen MR) is 101 cm³/mol. The average molecular weight is 381 g/mol. The lowest BCUT2D eigenvalue weighted by Gasteiger charge is -2.15. The number of thioether (sulfide) groups is 1. The molecule has 0 spiro atoms. The maximum Gasteiger partial charge on any atom is 0.107 e. The SMILES string of the molecule is CCSc1cccc(Nc2ccc(Br)c(C)c2)c1C(N)=S. The minimum absolute atomic E-state index is 0.419. The zero-order chi connectivity index (χ0) is 15.4. The van der Waals surface area contributed by atoms with Crippen LogP contribution in [0.4, 0.5) is 11.4 Å². The Morgan fingerprint density at radius 2 is 2.10 bits per heavy atom. The van der Waals surface area contributed by atoms with E-state index in [4.69, 9.17) is 18.0 Å². The third-order valence-electron chi connectivity index (χ3n) is 3.01. The quantitative estimate of drug-likeness (QED) is 0.548. The second-order valence-electron chi connectivity index (χ2n) is 4.56. The first kappa shape index (κ1) is 16.3. The molecule has 0 amide bonds. The van der Waals surface area contributed by atoms with Crippen LogP contribution in [0.15, 0.2) is 45.8 Å². The van der Waals surface area contributed by atoms with Crippen molar-refractivity contribution in [3.63, 3.8) is 0 Å². The van der Waals surface area contributed by atoms with Gasteiger partial charge in [0.1, 0.15) is 4.99 Å². The summed E-state index contributed by atoms with van der Waals surface area (Å²) in [6, 6.07) is 12.2. The summed E-state index contributed by atoms with van der Waals surface area (Å²) in [7, 11) is 0. The largest absolute Gasteiger partial charge is 0.389 e. The molecular formula is C16H17BrN2S2. The fraction of sp³-hybridized carbons (Fsp3) is 0.188. The molecule has 5 heteroatoms. The molecule has 0 fully saturated rings. The van der Waals surface area contributed by atoms with E-state index in [1.165, 1.54) is 5.56 Å². The smallest absolute Gasteiger partial charge is 0.107 e. The second-order valence-corrected chi connectivity index (χ2v) is 7.16. The molecule has 0 saturated heterocycles. The first-order chi connectivity index (χ1) is 10.0. The minimum Gasteiger partial charge on any atom is -0.389 e. The Morgan fingerprint density at radius 3 is 2.71 bits per heavy atom. The maximum absolute atomic E-state index is 5.92. The molecular weight excluding hydrogens is 364 g/mol. The molecule has 0 atom stereocenters. The van der Waals surface area contributed by atoms with Gasteiger partial charge in [-0.2, -0.15) is 0 Å². The molecule has 3 N–H and O–H groups in total. The number of halogens is 1. The van der Waals surface area contributed by atoms with Crippen LogP contribution in [0.3, 0.4) is 0 Å². The minimum atomic E-state index is 0.419. The normalized spacial score (nSPS) is 10.4. The lowest BCUT2D eigenvalue weighted by molar-refractivity contribution is 1.37. The van der Waals surface area contributed by atoms with Crippen LogP contribution >= 0.6 is 39.9 Å². The number of anilines is 2. The number of hydrogen-bond acceptors (Lipinski definition) is 3. The van der Waals surface area contributed by atoms with Crippen LogP contribution in [0.25, 0.3) is 0 Å². The molecule has 21 heavy (non-hydrogen) atoms. The molecule has 2 aromatic carbocycles. The summed E-state index contributed by atoms with van der Waals surface area (Å²) in [6.07, 6.45) is 0. The molecule has 0 radical (unpaired) electrons. The standard InChI is InChI=1S/C16H17BrN2S2/c1-3-21-14-6-4-5-13(15(14)16(18)20)19-11-7-8-12(17)10(2)9-11/h4-9,19H,3H2,1-2H3,(H2,18,20). The maximum atomic E-state index is 5.92. The van der Waals surface area contributed by atoms with Gasteiger partial charge in [-0.05, 0) is 48.6 Å². The molecule has 0 heterocycles. The van der Waals surface area contributed by atoms with E-state index < -0.39 is 0 Å². The number of aryl methyl sites for hydroxylation is 1. The summed E-state index contributed by atoms with van der Waals surface area (Å²) in [5, 5.41) is 3.42. The van der Waals surface area contributed by atoms with Crippen molar-refractivity contribution >= 4 is 56.3 Å². The van der Waals surface area contributed by atoms with Gasteiger partial charge in [0.05, 0.1) is 0 Å². The van der Waals surface area contributed by atoms with Crippen molar-refractivity contribution in [1.82, 2.24) is 0 Å². The Kier molecular flexibility index (Phi) is 5.67. The van der Waals surface area contributed by atoms with Crippen molar-refractivity contribution in [1.29, 1.82) is 0 Å². The number of benzene rings is 2. The molecule has 2 nitrogen and oxygen atoms in total. The predicted octanol–water partition coefficient (Wildman–Crippen LogP) is 5.25. The zero-order valence-electron chi connectivity index (χ0n) is 11.9. The van der Waals surface area contributed by atoms with Gasteiger partial charge in [0.15, 0.2) is 0 Å². The van der Waals surface area contributed by atoms with E-state index >= 15 is 0 Å². The van der Waals surface area contributed by atoms with Crippen molar-refractivity contribution in [2.75, 3.05) is 11.1 Å². The van der Waals surface area contributed by atoms with E-state index in [0.717, 1.165) is 32.1 Å². The third kappa shape index (κ3) is 3.99. The van der Waals surface area contributed by atoms with Crippen LogP contribution in [0.1, 0.15) is 18.1 Å². The van der Waals surface area contributed by atoms with E-state index in [9.17, 15) is 0 Å². The van der Waals surface area contributed by atoms with Gasteiger partial charge in [0.25, 0.3) is 0 Å². The number of hydrogen-bond donors (Lipinski definition) is 2. The van der Waals surface area contributed by atoms with E-state index in [2.05, 4.69) is 47.2 Å². The van der Waals surface area contributed by atoms with E-state index in [1.54, 1.807) is 11.8 Å². The van der Waals surface area contributed by atoms with E-state index in [1.807, 2.05) is 24.3 Å². The number of nitrogens with two attached hydrogens (primary N) is 1. The monoisotopic (exact) mass is 380 g/mol. The van der Waals surface area contributed by atoms with Crippen molar-refractivity contribution in [3.05, 3.63) is 52.0 Å². The molecule has 0 bridgehead atoms. The molecule has 0 aliphatic rings. The molecule has 2 aromatic rings. The number of nitrogens with one attached hydrogen (secondary N) is 1. The van der Waals surface area contributed by atoms with Crippen LogP contribution < -0.4 is 11.1 Å². The van der Waals surface area contributed by atoms with Crippen molar-refractivity contribution in [2.45, 2.75) is 18.7 Å². The Bertz CT molecular complexity index is 671. The van der Waals surface area contributed by atoms with Crippen LogP contribution in [0.2, 0.25) is 0 Å². The van der Waals surface area contributed by atoms with Gasteiger partial charge in [-0.1, -0.05) is 41.1 Å². The molecule has 110 valence electrons. The first-order valence-electron chi connectivity index (χ1n) is 6.61. The van der Waals surface area contributed by atoms with Gasteiger partial charge in [-0.3, -0.25) is 0 Å². The second kappa shape index (κ2) is 7.29. The topological polar surface area (TPSA) is 38.0 Å². The fourth-order valence-corrected chi connectivity index (χ4v) is 3.42. The Balaban J connectivity index is 2.41. The van der Waals surface area contributed by atoms with Gasteiger partial charge in [0, 0.05) is 26.3 Å². The van der Waals surface area contributed by atoms with Gasteiger partial charge >= 0.3 is 0 Å². The van der Waals surface area contributed by atoms with Crippen molar-refractivity contribution in [2.24, 2.45) is 5.73 Å². The summed E-state index contributed by atoms with van der Waals surface area (Å²) in [5.74, 6) is 0.983. The Labute approximate surface area is 143 Å². The van der Waals surface area contributed by atoms with E-state index in [-0.39, 0.29) is 0 Å². The van der Waals surface area contributed by atoms with Crippen LogP contribution in [0.5, 0.6) is 0 Å². The van der Waals surface area contributed by atoms with Gasteiger partial charge in [0.2, 0.25) is 0 Å². The Hall–Kier alpha value is -1.04. The first-order valence-corrected chi connectivity index (χ1v) is 8.80. The van der Waals surface area contributed by atoms with Crippen LogP contribution in [0, 0.1) is 6.92 Å². The zero-order valence-corrected chi connectivity index (χ0v) is 15.2. The summed E-state index contributed by atoms with van der Waals surface area (Å²) < 4.78 is 1.10. The molecule has 2 rings (SSSR count). The van der Waals surface area contributed by atoms with Crippen LogP contribution in [-0.2, 0) is 0 Å². The van der Waals surface area contributed by atoms with Gasteiger partial charge in [-0.25, -0.2) is 0 Å². The highest BCUT2D eigenvalue weighted by molar-refractivity contribution is 9.10. The highest BCUT2D eigenvalue weighted by atomic mass is 79.9. The van der Waals surface area contributed by atoms with Crippen molar-refractivity contribution < 1.29 is 0 Å². The molecule has 0 saturated carbocycles. The Morgan fingerprint density at radius 1 is 1.33 bits per heavy atom. The molecule has 0 aromatic heterocycles. The summed E-state index contributed by atoms with van der Waals surface area (Å²) in [5.41, 5.74) is 9.98. The highest BCUT2D eigenvalue weighted by Gasteiger charge is 2.11. The van der Waals surface area contributed by atoms with Gasteiger partial charge in [-0.15, -0.1) is 11.8 Å². The van der Waals surface area contributed by atoms with Crippen molar-refractivity contribution in [3.8, 4) is 0 Å². The van der Waals surface area contributed by atoms with Gasteiger partial charge < -0.3 is 11.1 Å². The van der Waals surface area contributed by atoms with E-state index in [0.29, 0.717) is 4.99 Å². The summed E-state index contributed by atoms with van der Waals surface area (Å²) >= 11 is 10.5. The lowest BCUT2D eigenvalue weighted by atomic mass is 10.1. The third-order valence-corrected chi connectivity index (χ3v) is 5.04. The lowest BCUT2D eigenvalue weighted by Crippen LogP contribution is -2.13. The highest BCUT2D eigenvalue weighted by Crippen LogP contribution is 2.31. The molecule has 0 unspecified atom stereocenters. The molecule has 0 aliphatic heterocycles. The number of rotatable bonds is 5. The molecule has 0 aliphatic carbocycles. The average Bonchev–Trinajstić information content (AvgIpc) is 2.43. The fourth-order valence-electron chi connectivity index (χ4n) is 2.04. The number of thiocarbonyl (C=S) groups is 1. The summed E-state index contributed by atoms with van der Waals surface area (Å²) in [4.78, 5) is 1.53. The summed E-state index contributed by atoms with van der Waals surface area (Å²) in [6.45, 7) is 4.18.